The predicted molar refractivity (Wildman–Crippen MR) is 262 cm³/mol. The van der Waals surface area contributed by atoms with Gasteiger partial charge >= 0.3 is 5.97 Å². The third kappa shape index (κ3) is 11.9. The van der Waals surface area contributed by atoms with E-state index < -0.39 is 92.7 Å². The molecule has 384 valence electrons. The quantitative estimate of drug-likeness (QED) is 0.0264. The van der Waals surface area contributed by atoms with E-state index in [0.717, 1.165) is 12.1 Å². The molecule has 2 aliphatic rings. The van der Waals surface area contributed by atoms with Crippen LogP contribution in [0.25, 0.3) is 21.5 Å². The number of carboxylic acid groups (broad SMARTS) is 1. The maximum absolute atomic E-state index is 12.6. The van der Waals surface area contributed by atoms with Crippen molar-refractivity contribution >= 4 is 95.2 Å². The topological polar surface area (TPSA) is 327 Å². The number of nitrogens with zero attached hydrogens (tertiary/aromatic N) is 2. The molecule has 0 bridgehead atoms. The van der Waals surface area contributed by atoms with Crippen LogP contribution in [-0.4, -0.2) is 119 Å². The van der Waals surface area contributed by atoms with Crippen molar-refractivity contribution < 1.29 is 84.1 Å². The minimum absolute atomic E-state index is 0.00518. The fraction of sp³-hybridized carbons (Fsp3) is 0.348. The van der Waals surface area contributed by atoms with Crippen molar-refractivity contribution in [2.45, 2.75) is 89.7 Å². The predicted octanol–water partition coefficient (Wildman–Crippen LogP) is 6.30. The van der Waals surface area contributed by atoms with Gasteiger partial charge in [-0.25, -0.2) is 8.42 Å². The van der Waals surface area contributed by atoms with Crippen LogP contribution in [-0.2, 0) is 71.0 Å². The molecule has 6 rings (SSSR count). The lowest BCUT2D eigenvalue weighted by atomic mass is 9.75. The molecule has 0 saturated carbocycles. The van der Waals surface area contributed by atoms with Crippen LogP contribution in [0.1, 0.15) is 70.4 Å². The number of allylic oxidation sites excluding steroid dienone is 8. The summed E-state index contributed by atoms with van der Waals surface area (Å²) in [5.74, 6) is -1.60. The number of aliphatic carboxylic acids is 1. The highest BCUT2D eigenvalue weighted by Crippen LogP contribution is 2.54. The third-order valence-electron chi connectivity index (χ3n) is 12.6. The van der Waals surface area contributed by atoms with E-state index in [1.807, 2.05) is 23.3 Å². The number of hydrogen-bond acceptors (Lipinski definition) is 14. The molecule has 1 atom stereocenters. The molecular formula is C46H52N2O18S5. The van der Waals surface area contributed by atoms with E-state index in [1.165, 1.54) is 19.2 Å². The Kier molecular flexibility index (Phi) is 15.8. The Labute approximate surface area is 412 Å². The molecular weight excluding hydrogens is 1030 g/mol. The average Bonchev–Trinajstić information content (AvgIpc) is 3.61. The second kappa shape index (κ2) is 20.4. The SMILES string of the molecule is COCCN1C(=CC=CC=CC=CC2=[N+](CCCCCC(=O)O)c3ccc4c(S(=O)(=O)[O-])cc(S(=O)(=O)O)cc4c3C2(C)C)C(C)(CCCS(=O)(=O)O)c2c1ccc1c(S(=O)(=O)O)cc(S(=O)(=O)O)cc21. The van der Waals surface area contributed by atoms with Crippen LogP contribution in [0.2, 0.25) is 0 Å². The van der Waals surface area contributed by atoms with Gasteiger partial charge in [-0.15, -0.1) is 0 Å². The minimum Gasteiger partial charge on any atom is -0.744 e. The van der Waals surface area contributed by atoms with Crippen molar-refractivity contribution in [2.24, 2.45) is 0 Å². The Morgan fingerprint density at radius 1 is 0.704 bits per heavy atom. The number of hydrogen-bond donors (Lipinski definition) is 5. The van der Waals surface area contributed by atoms with E-state index in [1.54, 1.807) is 61.6 Å². The molecule has 2 aliphatic heterocycles. The summed E-state index contributed by atoms with van der Waals surface area (Å²) in [6, 6.07) is 9.37. The van der Waals surface area contributed by atoms with Crippen molar-refractivity contribution in [3.05, 3.63) is 108 Å². The van der Waals surface area contributed by atoms with Crippen LogP contribution in [0.5, 0.6) is 0 Å². The van der Waals surface area contributed by atoms with Crippen LogP contribution in [0.15, 0.2) is 116 Å². The molecule has 4 aromatic carbocycles. The standard InChI is InChI=1S/C46H52N2O18S5/c1-45(2)40(47(22-12-8-11-16-42(49)50)36-19-17-32-34(43(36)45)26-30(68(54,55)56)28-38(32)70(60,61)62)14-9-6-5-7-10-15-41-46(3,21-13-25-67(51,52)53)44-35-27-31(69(57,58)59)29-39(71(63,64)65)33(35)18-20-37(44)48(41)23-24-66-4/h5-7,9-10,14-15,17-20,26-29H,8,11-13,16,21-25H2,1-4H3,(H5-,49,50,51,52,53,54,55,56,57,58,59,60,61,62,63,64,65). The number of rotatable bonds is 21. The number of benzene rings is 4. The Morgan fingerprint density at radius 3 is 1.86 bits per heavy atom. The van der Waals surface area contributed by atoms with Gasteiger partial charge in [-0.05, 0) is 105 Å². The highest BCUT2D eigenvalue weighted by atomic mass is 32.2. The van der Waals surface area contributed by atoms with Crippen molar-refractivity contribution in [2.75, 3.05) is 37.5 Å². The molecule has 0 amide bonds. The zero-order valence-electron chi connectivity index (χ0n) is 38.7. The first kappa shape index (κ1) is 55.1. The number of ether oxygens (including phenoxy) is 1. The van der Waals surface area contributed by atoms with E-state index in [0.29, 0.717) is 71.9 Å². The van der Waals surface area contributed by atoms with E-state index in [-0.39, 0.29) is 54.0 Å². The van der Waals surface area contributed by atoms with Crippen molar-refractivity contribution in [3.63, 3.8) is 0 Å². The first-order valence-electron chi connectivity index (χ1n) is 21.7. The fourth-order valence-corrected chi connectivity index (χ4v) is 12.8. The van der Waals surface area contributed by atoms with Crippen molar-refractivity contribution in [1.82, 2.24) is 0 Å². The molecule has 0 aromatic heterocycles. The van der Waals surface area contributed by atoms with Gasteiger partial charge in [-0.2, -0.15) is 38.2 Å². The molecule has 0 radical (unpaired) electrons. The van der Waals surface area contributed by atoms with Gasteiger partial charge in [-0.3, -0.25) is 23.0 Å². The van der Waals surface area contributed by atoms with Gasteiger partial charge in [-0.1, -0.05) is 36.4 Å². The van der Waals surface area contributed by atoms with Gasteiger partial charge in [0.05, 0.1) is 32.5 Å². The molecule has 0 fully saturated rings. The van der Waals surface area contributed by atoms with Crippen LogP contribution in [0, 0.1) is 0 Å². The molecule has 1 unspecified atom stereocenters. The highest BCUT2D eigenvalue weighted by molar-refractivity contribution is 7.87. The van der Waals surface area contributed by atoms with Gasteiger partial charge in [0.25, 0.3) is 40.5 Å². The molecule has 0 spiro atoms. The van der Waals surface area contributed by atoms with Gasteiger partial charge in [0.1, 0.15) is 21.6 Å². The monoisotopic (exact) mass is 1080 g/mol. The molecule has 5 N–H and O–H groups in total. The number of carbonyl (C=O) groups is 1. The summed E-state index contributed by atoms with van der Waals surface area (Å²) >= 11 is 0. The number of fused-ring (bicyclic) bond motifs is 6. The lowest BCUT2D eigenvalue weighted by Gasteiger charge is -2.30. The van der Waals surface area contributed by atoms with E-state index in [2.05, 4.69) is 0 Å². The van der Waals surface area contributed by atoms with E-state index in [4.69, 9.17) is 9.84 Å². The highest BCUT2D eigenvalue weighted by Gasteiger charge is 2.47. The van der Waals surface area contributed by atoms with Gasteiger partial charge < -0.3 is 19.3 Å². The summed E-state index contributed by atoms with van der Waals surface area (Å²) in [6.45, 7) is 6.05. The van der Waals surface area contributed by atoms with Crippen molar-refractivity contribution in [1.29, 1.82) is 0 Å². The van der Waals surface area contributed by atoms with E-state index >= 15 is 0 Å². The normalized spacial score (nSPS) is 18.3. The molecule has 71 heavy (non-hydrogen) atoms. The number of anilines is 1. The van der Waals surface area contributed by atoms with E-state index in [9.17, 15) is 69.6 Å². The van der Waals surface area contributed by atoms with Crippen molar-refractivity contribution in [3.8, 4) is 0 Å². The lowest BCUT2D eigenvalue weighted by molar-refractivity contribution is -0.438. The Morgan fingerprint density at radius 2 is 1.28 bits per heavy atom. The zero-order valence-corrected chi connectivity index (χ0v) is 42.8. The molecule has 0 saturated heterocycles. The Bertz CT molecular complexity index is 3580. The Hall–Kier alpha value is -5.19. The summed E-state index contributed by atoms with van der Waals surface area (Å²) in [5.41, 5.74) is 0.782. The summed E-state index contributed by atoms with van der Waals surface area (Å²) < 4.78 is 183. The minimum atomic E-state index is -5.24. The largest absolute Gasteiger partial charge is 0.744 e. The summed E-state index contributed by atoms with van der Waals surface area (Å²) in [5, 5.41) is 9.15. The van der Waals surface area contributed by atoms with Gasteiger partial charge in [0.15, 0.2) is 5.71 Å². The van der Waals surface area contributed by atoms with Gasteiger partial charge in [0.2, 0.25) is 5.69 Å². The lowest BCUT2D eigenvalue weighted by Crippen LogP contribution is -2.31. The van der Waals surface area contributed by atoms with Crippen LogP contribution in [0.4, 0.5) is 11.4 Å². The van der Waals surface area contributed by atoms with Gasteiger partial charge in [0, 0.05) is 71.8 Å². The third-order valence-corrected chi connectivity index (χ3v) is 16.8. The second-order valence-electron chi connectivity index (χ2n) is 17.7. The summed E-state index contributed by atoms with van der Waals surface area (Å²) in [7, 11) is -23.3. The molecule has 20 nitrogen and oxygen atoms in total. The maximum atomic E-state index is 12.6. The number of unbranched alkanes of at least 4 members (excludes halogenated alkanes) is 2. The number of carboxylic acids is 1. The molecule has 4 aromatic rings. The zero-order chi connectivity index (χ0) is 52.7. The summed E-state index contributed by atoms with van der Waals surface area (Å²) in [6.07, 6.45) is 13.2. The fourth-order valence-electron chi connectivity index (χ4n) is 9.59. The molecule has 25 heteroatoms. The summed E-state index contributed by atoms with van der Waals surface area (Å²) in [4.78, 5) is 9.77. The molecule has 2 heterocycles. The number of methoxy groups -OCH3 is 1. The maximum Gasteiger partial charge on any atom is 0.303 e. The smallest absolute Gasteiger partial charge is 0.303 e. The van der Waals surface area contributed by atoms with Crippen LogP contribution >= 0.6 is 0 Å². The Balaban J connectivity index is 1.44. The first-order chi connectivity index (χ1) is 32.8. The van der Waals surface area contributed by atoms with Crippen LogP contribution in [0.3, 0.4) is 0 Å². The molecule has 0 aliphatic carbocycles. The van der Waals surface area contributed by atoms with Crippen LogP contribution < -0.4 is 4.90 Å². The average molecular weight is 1080 g/mol. The second-order valence-corrected chi connectivity index (χ2v) is 24.9. The first-order valence-corrected chi connectivity index (χ1v) is 29.1.